The molecule has 4 heteroatoms. The Balaban J connectivity index is 1.35. The first-order chi connectivity index (χ1) is 11.3. The predicted octanol–water partition coefficient (Wildman–Crippen LogP) is 3.54. The Labute approximate surface area is 143 Å². The highest BCUT2D eigenvalue weighted by molar-refractivity contribution is 6.30. The Kier molecular flexibility index (Phi) is 5.92. The van der Waals surface area contributed by atoms with Gasteiger partial charge in [0.05, 0.1) is 0 Å². The topological polar surface area (TPSA) is 15.7 Å². The van der Waals surface area contributed by atoms with Gasteiger partial charge in [0.1, 0.15) is 12.4 Å². The number of benzene rings is 2. The lowest BCUT2D eigenvalue weighted by Crippen LogP contribution is -2.47. The van der Waals surface area contributed by atoms with Crippen molar-refractivity contribution in [1.29, 1.82) is 0 Å². The molecule has 0 aromatic heterocycles. The van der Waals surface area contributed by atoms with Crippen LogP contribution in [0.25, 0.3) is 0 Å². The van der Waals surface area contributed by atoms with E-state index in [0.717, 1.165) is 56.6 Å². The Morgan fingerprint density at radius 3 is 2.17 bits per heavy atom. The van der Waals surface area contributed by atoms with E-state index in [9.17, 15) is 0 Å². The number of nitrogens with zero attached hydrogens (tertiary/aromatic N) is 2. The highest BCUT2D eigenvalue weighted by Gasteiger charge is 2.16. The van der Waals surface area contributed by atoms with Crippen molar-refractivity contribution in [1.82, 2.24) is 9.80 Å². The van der Waals surface area contributed by atoms with Gasteiger partial charge in [-0.15, -0.1) is 0 Å². The summed E-state index contributed by atoms with van der Waals surface area (Å²) in [6.07, 6.45) is 0. The molecular formula is C19H23ClN2O. The third kappa shape index (κ3) is 5.24. The minimum Gasteiger partial charge on any atom is -0.492 e. The van der Waals surface area contributed by atoms with Gasteiger partial charge in [-0.05, 0) is 29.8 Å². The van der Waals surface area contributed by atoms with Gasteiger partial charge >= 0.3 is 0 Å². The SMILES string of the molecule is Clc1ccc(OCCN2CCN(Cc3ccccc3)CC2)cc1. The number of piperazine rings is 1. The van der Waals surface area contributed by atoms with Crippen LogP contribution in [0.3, 0.4) is 0 Å². The van der Waals surface area contributed by atoms with Gasteiger partial charge in [0, 0.05) is 44.3 Å². The lowest BCUT2D eigenvalue weighted by molar-refractivity contribution is 0.112. The maximum atomic E-state index is 5.87. The van der Waals surface area contributed by atoms with Gasteiger partial charge in [-0.2, -0.15) is 0 Å². The van der Waals surface area contributed by atoms with E-state index in [1.807, 2.05) is 24.3 Å². The predicted molar refractivity (Wildman–Crippen MR) is 95.1 cm³/mol. The first kappa shape index (κ1) is 16.3. The van der Waals surface area contributed by atoms with Gasteiger partial charge in [0.15, 0.2) is 0 Å². The fraction of sp³-hybridized carbons (Fsp3) is 0.368. The van der Waals surface area contributed by atoms with Crippen molar-refractivity contribution < 1.29 is 4.74 Å². The van der Waals surface area contributed by atoms with Crippen molar-refractivity contribution in [2.24, 2.45) is 0 Å². The van der Waals surface area contributed by atoms with Crippen molar-refractivity contribution in [3.8, 4) is 5.75 Å². The van der Waals surface area contributed by atoms with Crippen LogP contribution in [0.15, 0.2) is 54.6 Å². The van der Waals surface area contributed by atoms with Crippen LogP contribution in [0, 0.1) is 0 Å². The maximum Gasteiger partial charge on any atom is 0.119 e. The summed E-state index contributed by atoms with van der Waals surface area (Å²) in [4.78, 5) is 4.99. The van der Waals surface area contributed by atoms with Crippen molar-refractivity contribution >= 4 is 11.6 Å². The summed E-state index contributed by atoms with van der Waals surface area (Å²) in [7, 11) is 0. The summed E-state index contributed by atoms with van der Waals surface area (Å²) < 4.78 is 5.77. The molecule has 0 unspecified atom stereocenters. The standard InChI is InChI=1S/C19H23ClN2O/c20-18-6-8-19(9-7-18)23-15-14-21-10-12-22(13-11-21)16-17-4-2-1-3-5-17/h1-9H,10-16H2. The molecule has 23 heavy (non-hydrogen) atoms. The van der Waals surface area contributed by atoms with Gasteiger partial charge in [-0.25, -0.2) is 0 Å². The zero-order chi connectivity index (χ0) is 15.9. The monoisotopic (exact) mass is 330 g/mol. The summed E-state index contributed by atoms with van der Waals surface area (Å²) in [5.74, 6) is 0.886. The smallest absolute Gasteiger partial charge is 0.119 e. The van der Waals surface area contributed by atoms with Crippen LogP contribution in [0.1, 0.15) is 5.56 Å². The van der Waals surface area contributed by atoms with Gasteiger partial charge in [-0.1, -0.05) is 41.9 Å². The van der Waals surface area contributed by atoms with Gasteiger partial charge in [-0.3, -0.25) is 9.80 Å². The maximum absolute atomic E-state index is 5.87. The lowest BCUT2D eigenvalue weighted by atomic mass is 10.2. The minimum absolute atomic E-state index is 0.723. The van der Waals surface area contributed by atoms with Crippen molar-refractivity contribution in [3.63, 3.8) is 0 Å². The molecule has 122 valence electrons. The second-order valence-corrected chi connectivity index (χ2v) is 6.34. The fourth-order valence-corrected chi connectivity index (χ4v) is 2.96. The summed E-state index contributed by atoms with van der Waals surface area (Å²) in [5.41, 5.74) is 1.40. The van der Waals surface area contributed by atoms with Crippen LogP contribution >= 0.6 is 11.6 Å². The molecule has 3 nitrogen and oxygen atoms in total. The zero-order valence-corrected chi connectivity index (χ0v) is 14.1. The average Bonchev–Trinajstić information content (AvgIpc) is 2.59. The largest absolute Gasteiger partial charge is 0.492 e. The summed E-state index contributed by atoms with van der Waals surface area (Å²) in [6, 6.07) is 18.2. The van der Waals surface area contributed by atoms with Crippen LogP contribution in [0.5, 0.6) is 5.75 Å². The van der Waals surface area contributed by atoms with Gasteiger partial charge in [0.25, 0.3) is 0 Å². The van der Waals surface area contributed by atoms with Crippen LogP contribution in [0.2, 0.25) is 5.02 Å². The van der Waals surface area contributed by atoms with Crippen molar-refractivity contribution in [3.05, 3.63) is 65.2 Å². The summed E-state index contributed by atoms with van der Waals surface area (Å²) in [5, 5.41) is 0.742. The van der Waals surface area contributed by atoms with E-state index in [1.54, 1.807) is 0 Å². The molecule has 1 saturated heterocycles. The molecule has 0 aliphatic carbocycles. The average molecular weight is 331 g/mol. The molecule has 0 atom stereocenters. The van der Waals surface area contributed by atoms with Crippen LogP contribution in [-0.2, 0) is 6.54 Å². The number of hydrogen-bond acceptors (Lipinski definition) is 3. The van der Waals surface area contributed by atoms with Crippen molar-refractivity contribution in [2.75, 3.05) is 39.3 Å². The molecule has 1 aliphatic rings. The molecular weight excluding hydrogens is 308 g/mol. The Morgan fingerprint density at radius 1 is 0.826 bits per heavy atom. The molecule has 0 saturated carbocycles. The quantitative estimate of drug-likeness (QED) is 0.805. The molecule has 1 fully saturated rings. The third-order valence-electron chi connectivity index (χ3n) is 4.20. The van der Waals surface area contributed by atoms with E-state index in [-0.39, 0.29) is 0 Å². The van der Waals surface area contributed by atoms with E-state index < -0.39 is 0 Å². The van der Waals surface area contributed by atoms with Crippen LogP contribution in [0.4, 0.5) is 0 Å². The van der Waals surface area contributed by atoms with Crippen LogP contribution in [-0.4, -0.2) is 49.1 Å². The summed E-state index contributed by atoms with van der Waals surface area (Å²) >= 11 is 5.87. The van der Waals surface area contributed by atoms with Crippen molar-refractivity contribution in [2.45, 2.75) is 6.54 Å². The molecule has 1 aliphatic heterocycles. The van der Waals surface area contributed by atoms with E-state index in [1.165, 1.54) is 5.56 Å². The number of ether oxygens (including phenoxy) is 1. The van der Waals surface area contributed by atoms with Crippen LogP contribution < -0.4 is 4.74 Å². The molecule has 0 N–H and O–H groups in total. The lowest BCUT2D eigenvalue weighted by Gasteiger charge is -2.34. The highest BCUT2D eigenvalue weighted by atomic mass is 35.5. The zero-order valence-electron chi connectivity index (χ0n) is 13.3. The second kappa shape index (κ2) is 8.34. The van der Waals surface area contributed by atoms with E-state index >= 15 is 0 Å². The van der Waals surface area contributed by atoms with E-state index in [2.05, 4.69) is 40.1 Å². The first-order valence-corrected chi connectivity index (χ1v) is 8.54. The molecule has 2 aromatic rings. The molecule has 0 spiro atoms. The van der Waals surface area contributed by atoms with Gasteiger partial charge in [0.2, 0.25) is 0 Å². The Bertz CT molecular complexity index is 580. The molecule has 1 heterocycles. The van der Waals surface area contributed by atoms with Gasteiger partial charge < -0.3 is 4.74 Å². The summed E-state index contributed by atoms with van der Waals surface area (Å²) in [6.45, 7) is 7.21. The molecule has 2 aromatic carbocycles. The normalized spacial score (nSPS) is 16.4. The Morgan fingerprint density at radius 2 is 1.48 bits per heavy atom. The molecule has 0 radical (unpaired) electrons. The first-order valence-electron chi connectivity index (χ1n) is 8.16. The molecule has 3 rings (SSSR count). The number of halogens is 1. The minimum atomic E-state index is 0.723. The highest BCUT2D eigenvalue weighted by Crippen LogP contribution is 2.15. The fourth-order valence-electron chi connectivity index (χ4n) is 2.84. The number of hydrogen-bond donors (Lipinski definition) is 0. The number of rotatable bonds is 6. The third-order valence-corrected chi connectivity index (χ3v) is 4.46. The molecule has 0 bridgehead atoms. The van der Waals surface area contributed by atoms with E-state index in [0.29, 0.717) is 0 Å². The van der Waals surface area contributed by atoms with E-state index in [4.69, 9.17) is 16.3 Å². The molecule has 0 amide bonds. The second-order valence-electron chi connectivity index (χ2n) is 5.91. The Hall–Kier alpha value is -1.55.